The Balaban J connectivity index is 2.38. The summed E-state index contributed by atoms with van der Waals surface area (Å²) < 4.78 is 22.0. The summed E-state index contributed by atoms with van der Waals surface area (Å²) >= 11 is 0. The topological polar surface area (TPSA) is 123 Å². The van der Waals surface area contributed by atoms with Crippen molar-refractivity contribution >= 4 is 11.9 Å². The number of ether oxygens (including phenoxy) is 4. The second kappa shape index (κ2) is 11.8. The van der Waals surface area contributed by atoms with Crippen molar-refractivity contribution in [3.63, 3.8) is 0 Å². The van der Waals surface area contributed by atoms with Gasteiger partial charge in [0, 0.05) is 11.1 Å². The van der Waals surface area contributed by atoms with E-state index in [1.165, 1.54) is 0 Å². The van der Waals surface area contributed by atoms with E-state index < -0.39 is 35.2 Å². The number of carbonyl (C=O) groups is 2. The third-order valence-corrected chi connectivity index (χ3v) is 5.15. The predicted molar refractivity (Wildman–Crippen MR) is 140 cm³/mol. The molecule has 8 heteroatoms. The summed E-state index contributed by atoms with van der Waals surface area (Å²) in [6.07, 6.45) is 0.578. The SMILES string of the molecule is COc1ccc(C[C@H](N)C(=O)OC(C)(C)C)cc1-c1cc(C[C@H](N)C(=O)OC(C)(C)C)ccc1OC. The first-order chi connectivity index (χ1) is 16.6. The van der Waals surface area contributed by atoms with E-state index in [1.54, 1.807) is 55.8 Å². The minimum atomic E-state index is -0.814. The van der Waals surface area contributed by atoms with Crippen LogP contribution in [0.15, 0.2) is 36.4 Å². The number of rotatable bonds is 9. The summed E-state index contributed by atoms with van der Waals surface area (Å²) in [6, 6.07) is 9.58. The average molecular weight is 501 g/mol. The molecule has 0 bridgehead atoms. The maximum absolute atomic E-state index is 12.4. The molecule has 0 aliphatic heterocycles. The lowest BCUT2D eigenvalue weighted by Gasteiger charge is -2.23. The van der Waals surface area contributed by atoms with Gasteiger partial charge in [0.1, 0.15) is 34.8 Å². The lowest BCUT2D eigenvalue weighted by molar-refractivity contribution is -0.157. The molecule has 0 radical (unpaired) electrons. The van der Waals surface area contributed by atoms with Gasteiger partial charge < -0.3 is 30.4 Å². The molecule has 2 atom stereocenters. The molecule has 8 nitrogen and oxygen atoms in total. The highest BCUT2D eigenvalue weighted by molar-refractivity contribution is 5.79. The van der Waals surface area contributed by atoms with Gasteiger partial charge in [-0.1, -0.05) is 12.1 Å². The van der Waals surface area contributed by atoms with Crippen molar-refractivity contribution in [2.45, 2.75) is 77.7 Å². The summed E-state index contributed by atoms with van der Waals surface area (Å²) in [6.45, 7) is 10.8. The predicted octanol–water partition coefficient (Wildman–Crippen LogP) is 3.79. The maximum Gasteiger partial charge on any atom is 0.323 e. The molecule has 0 spiro atoms. The van der Waals surface area contributed by atoms with Crippen LogP contribution in [0.1, 0.15) is 52.7 Å². The van der Waals surface area contributed by atoms with Crippen molar-refractivity contribution in [2.24, 2.45) is 11.5 Å². The second-order valence-electron chi connectivity index (χ2n) is 10.8. The molecular formula is C28H40N2O6. The van der Waals surface area contributed by atoms with Gasteiger partial charge >= 0.3 is 11.9 Å². The summed E-state index contributed by atoms with van der Waals surface area (Å²) in [4.78, 5) is 24.8. The summed E-state index contributed by atoms with van der Waals surface area (Å²) in [5, 5.41) is 0. The lowest BCUT2D eigenvalue weighted by Crippen LogP contribution is -2.38. The van der Waals surface area contributed by atoms with E-state index in [4.69, 9.17) is 30.4 Å². The van der Waals surface area contributed by atoms with Gasteiger partial charge in [-0.2, -0.15) is 0 Å². The highest BCUT2D eigenvalue weighted by atomic mass is 16.6. The smallest absolute Gasteiger partial charge is 0.323 e. The molecule has 0 aliphatic carbocycles. The fourth-order valence-electron chi connectivity index (χ4n) is 3.61. The second-order valence-corrected chi connectivity index (χ2v) is 10.8. The zero-order valence-corrected chi connectivity index (χ0v) is 22.6. The molecule has 0 saturated carbocycles. The van der Waals surface area contributed by atoms with Crippen molar-refractivity contribution in [1.82, 2.24) is 0 Å². The van der Waals surface area contributed by atoms with Crippen molar-refractivity contribution in [3.8, 4) is 22.6 Å². The van der Waals surface area contributed by atoms with Gasteiger partial charge in [0.05, 0.1) is 14.2 Å². The molecule has 0 aromatic heterocycles. The van der Waals surface area contributed by atoms with Crippen LogP contribution in [-0.2, 0) is 31.9 Å². The molecule has 2 aromatic carbocycles. The average Bonchev–Trinajstić information content (AvgIpc) is 2.76. The maximum atomic E-state index is 12.4. The van der Waals surface area contributed by atoms with Crippen molar-refractivity contribution in [1.29, 1.82) is 0 Å². The Morgan fingerprint density at radius 1 is 0.694 bits per heavy atom. The van der Waals surface area contributed by atoms with E-state index >= 15 is 0 Å². The van der Waals surface area contributed by atoms with Crippen LogP contribution >= 0.6 is 0 Å². The standard InChI is InChI=1S/C28H40N2O6/c1-27(2,3)35-25(31)21(29)15-17-9-11-23(33-7)19(13-17)20-14-18(10-12-24(20)34-8)16-22(30)26(32)36-28(4,5)6/h9-14,21-22H,15-16,29-30H2,1-8H3/t21-,22-/m0/s1. The lowest BCUT2D eigenvalue weighted by atomic mass is 9.95. The number of esters is 2. The van der Waals surface area contributed by atoms with Crippen LogP contribution in [0.25, 0.3) is 11.1 Å². The van der Waals surface area contributed by atoms with E-state index in [1.807, 2.05) is 36.4 Å². The van der Waals surface area contributed by atoms with E-state index in [0.29, 0.717) is 11.5 Å². The van der Waals surface area contributed by atoms with Crippen LogP contribution in [-0.4, -0.2) is 49.4 Å². The Kier molecular flexibility index (Phi) is 9.51. The third kappa shape index (κ3) is 8.53. The molecule has 0 fully saturated rings. The van der Waals surface area contributed by atoms with Crippen molar-refractivity contribution in [2.75, 3.05) is 14.2 Å². The van der Waals surface area contributed by atoms with E-state index in [2.05, 4.69) is 0 Å². The molecule has 2 rings (SSSR count). The Bertz CT molecular complexity index is 983. The quantitative estimate of drug-likeness (QED) is 0.499. The number of methoxy groups -OCH3 is 2. The molecule has 0 saturated heterocycles. The van der Waals surface area contributed by atoms with Crippen LogP contribution in [0.5, 0.6) is 11.5 Å². The van der Waals surface area contributed by atoms with Crippen LogP contribution < -0.4 is 20.9 Å². The molecular weight excluding hydrogens is 460 g/mol. The number of carbonyl (C=O) groups excluding carboxylic acids is 2. The van der Waals surface area contributed by atoms with Crippen LogP contribution in [0.2, 0.25) is 0 Å². The molecule has 198 valence electrons. The van der Waals surface area contributed by atoms with Crippen molar-refractivity contribution in [3.05, 3.63) is 47.5 Å². The molecule has 0 unspecified atom stereocenters. The Morgan fingerprint density at radius 2 is 1.03 bits per heavy atom. The fourth-order valence-corrected chi connectivity index (χ4v) is 3.61. The summed E-state index contributed by atoms with van der Waals surface area (Å²) in [5.74, 6) is 0.319. The molecule has 4 N–H and O–H groups in total. The molecule has 0 amide bonds. The first kappa shape index (κ1) is 29.1. The highest BCUT2D eigenvalue weighted by Gasteiger charge is 2.25. The Morgan fingerprint density at radius 3 is 1.31 bits per heavy atom. The van der Waals surface area contributed by atoms with Gasteiger partial charge in [-0.05, 0) is 89.8 Å². The summed E-state index contributed by atoms with van der Waals surface area (Å²) in [7, 11) is 3.17. The number of benzene rings is 2. The summed E-state index contributed by atoms with van der Waals surface area (Å²) in [5.41, 5.74) is 14.2. The minimum Gasteiger partial charge on any atom is -0.496 e. The molecule has 0 heterocycles. The van der Waals surface area contributed by atoms with Crippen molar-refractivity contribution < 1.29 is 28.5 Å². The number of nitrogens with two attached hydrogens (primary N) is 2. The Labute approximate surface area is 214 Å². The van der Waals surface area contributed by atoms with Gasteiger partial charge in [0.25, 0.3) is 0 Å². The van der Waals surface area contributed by atoms with E-state index in [0.717, 1.165) is 22.3 Å². The first-order valence-electron chi connectivity index (χ1n) is 11.9. The van der Waals surface area contributed by atoms with Crippen LogP contribution in [0.4, 0.5) is 0 Å². The van der Waals surface area contributed by atoms with Gasteiger partial charge in [0.2, 0.25) is 0 Å². The minimum absolute atomic E-state index is 0.289. The molecule has 0 aliphatic rings. The van der Waals surface area contributed by atoms with Crippen LogP contribution in [0, 0.1) is 0 Å². The third-order valence-electron chi connectivity index (χ3n) is 5.15. The number of hydrogen-bond donors (Lipinski definition) is 2. The number of hydrogen-bond acceptors (Lipinski definition) is 8. The van der Waals surface area contributed by atoms with E-state index in [9.17, 15) is 9.59 Å². The van der Waals surface area contributed by atoms with Gasteiger partial charge in [-0.25, -0.2) is 0 Å². The normalized spacial score (nSPS) is 13.5. The first-order valence-corrected chi connectivity index (χ1v) is 11.9. The fraction of sp³-hybridized carbons (Fsp3) is 0.500. The Hall–Kier alpha value is -3.10. The zero-order chi connectivity index (χ0) is 27.3. The highest BCUT2D eigenvalue weighted by Crippen LogP contribution is 2.38. The largest absolute Gasteiger partial charge is 0.496 e. The van der Waals surface area contributed by atoms with Gasteiger partial charge in [-0.15, -0.1) is 0 Å². The molecule has 36 heavy (non-hydrogen) atoms. The van der Waals surface area contributed by atoms with Crippen LogP contribution in [0.3, 0.4) is 0 Å². The molecule has 2 aromatic rings. The van der Waals surface area contributed by atoms with Gasteiger partial charge in [-0.3, -0.25) is 9.59 Å². The zero-order valence-electron chi connectivity index (χ0n) is 22.6. The monoisotopic (exact) mass is 500 g/mol. The van der Waals surface area contributed by atoms with E-state index in [-0.39, 0.29) is 12.8 Å². The van der Waals surface area contributed by atoms with Gasteiger partial charge in [0.15, 0.2) is 0 Å².